The summed E-state index contributed by atoms with van der Waals surface area (Å²) in [7, 11) is 0. The van der Waals surface area contributed by atoms with Crippen molar-refractivity contribution in [2.45, 2.75) is 5.92 Å². The van der Waals surface area contributed by atoms with Gasteiger partial charge in [-0.2, -0.15) is 4.98 Å². The molecule has 0 radical (unpaired) electrons. The van der Waals surface area contributed by atoms with Crippen LogP contribution in [0.4, 0.5) is 21.7 Å². The highest BCUT2D eigenvalue weighted by molar-refractivity contribution is 6.42. The molecule has 0 saturated carbocycles. The van der Waals surface area contributed by atoms with Crippen LogP contribution in [0, 0.1) is 15.9 Å². The summed E-state index contributed by atoms with van der Waals surface area (Å²) in [5.74, 6) is -3.86. The number of nitrogens with one attached hydrogen (secondary N) is 1. The summed E-state index contributed by atoms with van der Waals surface area (Å²) in [6, 6.07) is 12.1. The van der Waals surface area contributed by atoms with Crippen molar-refractivity contribution >= 4 is 57.3 Å². The molecule has 0 aliphatic heterocycles. The van der Waals surface area contributed by atoms with E-state index in [4.69, 9.17) is 28.9 Å². The van der Waals surface area contributed by atoms with Gasteiger partial charge in [-0.15, -0.1) is 0 Å². The van der Waals surface area contributed by atoms with E-state index in [1.807, 2.05) is 0 Å². The van der Waals surface area contributed by atoms with Gasteiger partial charge in [0.1, 0.15) is 5.82 Å². The van der Waals surface area contributed by atoms with Gasteiger partial charge in [-0.25, -0.2) is 9.37 Å². The normalized spacial score (nSPS) is 11.9. The van der Waals surface area contributed by atoms with E-state index >= 15 is 0 Å². The molecule has 12 heteroatoms. The second-order valence-corrected chi connectivity index (χ2v) is 7.98. The molecule has 9 nitrogen and oxygen atoms in total. The van der Waals surface area contributed by atoms with Crippen LogP contribution >= 0.6 is 23.2 Å². The Morgan fingerprint density at radius 1 is 1.09 bits per heavy atom. The van der Waals surface area contributed by atoms with E-state index in [-0.39, 0.29) is 33.0 Å². The molecule has 172 valence electrons. The van der Waals surface area contributed by atoms with Crippen LogP contribution in [0.2, 0.25) is 10.0 Å². The molecular formula is C22H14Cl2FN5O4. The van der Waals surface area contributed by atoms with E-state index in [1.165, 1.54) is 30.3 Å². The molecule has 0 saturated heterocycles. The molecule has 0 aliphatic carbocycles. The third-order valence-corrected chi connectivity index (χ3v) is 5.73. The number of nitrogens with two attached hydrogens (primary N) is 1. The van der Waals surface area contributed by atoms with Crippen molar-refractivity contribution in [2.24, 2.45) is 5.73 Å². The minimum absolute atomic E-state index is 0.0345. The second-order valence-electron chi connectivity index (χ2n) is 7.17. The number of hydrogen-bond acceptors (Lipinski definition) is 7. The molecule has 0 aliphatic rings. The first-order valence-corrected chi connectivity index (χ1v) is 10.4. The Kier molecular flexibility index (Phi) is 6.18. The SMILES string of the molecule is NC(=O)C(c1ccccc1F)c1cc([N+](=O)[O-])cc2c(O)nc(Nc3ccc(Cl)c(Cl)c3)nc12. The summed E-state index contributed by atoms with van der Waals surface area (Å²) < 4.78 is 14.6. The van der Waals surface area contributed by atoms with Gasteiger partial charge in [0.25, 0.3) is 5.69 Å². The Labute approximate surface area is 201 Å². The van der Waals surface area contributed by atoms with Crippen molar-refractivity contribution in [3.63, 3.8) is 0 Å². The van der Waals surface area contributed by atoms with Gasteiger partial charge in [0.2, 0.25) is 17.7 Å². The number of primary amides is 1. The second kappa shape index (κ2) is 9.08. The minimum Gasteiger partial charge on any atom is -0.493 e. The maximum atomic E-state index is 14.6. The predicted molar refractivity (Wildman–Crippen MR) is 125 cm³/mol. The van der Waals surface area contributed by atoms with Crippen LogP contribution in [0.1, 0.15) is 17.0 Å². The number of aromatic hydroxyl groups is 1. The molecule has 1 atom stereocenters. The lowest BCUT2D eigenvalue weighted by Gasteiger charge is -2.18. The number of nitro benzene ring substituents is 1. The molecule has 1 unspecified atom stereocenters. The zero-order valence-electron chi connectivity index (χ0n) is 17.0. The molecular weight excluding hydrogens is 488 g/mol. The lowest BCUT2D eigenvalue weighted by Crippen LogP contribution is -2.24. The average molecular weight is 502 g/mol. The minimum atomic E-state index is -1.43. The van der Waals surface area contributed by atoms with Crippen molar-refractivity contribution in [2.75, 3.05) is 5.32 Å². The van der Waals surface area contributed by atoms with Gasteiger partial charge in [-0.1, -0.05) is 41.4 Å². The number of nitro groups is 1. The highest BCUT2D eigenvalue weighted by Crippen LogP contribution is 2.37. The van der Waals surface area contributed by atoms with Crippen LogP contribution in [0.5, 0.6) is 5.88 Å². The van der Waals surface area contributed by atoms with Crippen molar-refractivity contribution in [3.05, 3.63) is 91.7 Å². The molecule has 4 rings (SSSR count). The van der Waals surface area contributed by atoms with Gasteiger partial charge in [0.15, 0.2) is 0 Å². The smallest absolute Gasteiger partial charge is 0.270 e. The summed E-state index contributed by atoms with van der Waals surface area (Å²) in [6.45, 7) is 0. The van der Waals surface area contributed by atoms with E-state index < -0.39 is 34.1 Å². The number of halogens is 3. The van der Waals surface area contributed by atoms with E-state index in [0.29, 0.717) is 10.7 Å². The van der Waals surface area contributed by atoms with Gasteiger partial charge < -0.3 is 16.2 Å². The van der Waals surface area contributed by atoms with Gasteiger partial charge in [0.05, 0.1) is 31.8 Å². The highest BCUT2D eigenvalue weighted by Gasteiger charge is 2.29. The Morgan fingerprint density at radius 3 is 2.47 bits per heavy atom. The monoisotopic (exact) mass is 501 g/mol. The van der Waals surface area contributed by atoms with E-state index in [9.17, 15) is 24.4 Å². The third-order valence-electron chi connectivity index (χ3n) is 4.99. The maximum Gasteiger partial charge on any atom is 0.270 e. The first kappa shape index (κ1) is 23.1. The summed E-state index contributed by atoms with van der Waals surface area (Å²) >= 11 is 11.9. The van der Waals surface area contributed by atoms with Crippen LogP contribution in [0.25, 0.3) is 10.9 Å². The molecule has 1 aromatic heterocycles. The summed E-state index contributed by atoms with van der Waals surface area (Å²) in [4.78, 5) is 31.5. The number of non-ortho nitro benzene ring substituents is 1. The van der Waals surface area contributed by atoms with E-state index in [2.05, 4.69) is 15.3 Å². The fourth-order valence-electron chi connectivity index (χ4n) is 3.50. The maximum absolute atomic E-state index is 14.6. The topological polar surface area (TPSA) is 144 Å². The number of carbonyl (C=O) groups is 1. The average Bonchev–Trinajstić information content (AvgIpc) is 2.77. The van der Waals surface area contributed by atoms with Crippen LogP contribution < -0.4 is 11.1 Å². The number of nitrogens with zero attached hydrogens (tertiary/aromatic N) is 3. The van der Waals surface area contributed by atoms with Crippen molar-refractivity contribution in [1.29, 1.82) is 0 Å². The van der Waals surface area contributed by atoms with Crippen LogP contribution in [0.3, 0.4) is 0 Å². The first-order chi connectivity index (χ1) is 16.2. The Bertz CT molecular complexity index is 1470. The van der Waals surface area contributed by atoms with Crippen LogP contribution in [0.15, 0.2) is 54.6 Å². The van der Waals surface area contributed by atoms with Crippen molar-refractivity contribution in [1.82, 2.24) is 9.97 Å². The van der Waals surface area contributed by atoms with Crippen molar-refractivity contribution in [3.8, 4) is 5.88 Å². The molecule has 4 N–H and O–H groups in total. The number of benzene rings is 3. The number of anilines is 2. The molecule has 0 bridgehead atoms. The Balaban J connectivity index is 1.96. The van der Waals surface area contributed by atoms with Gasteiger partial charge in [0, 0.05) is 28.9 Å². The zero-order chi connectivity index (χ0) is 24.6. The van der Waals surface area contributed by atoms with Gasteiger partial charge in [-0.3, -0.25) is 14.9 Å². The number of rotatable bonds is 6. The van der Waals surface area contributed by atoms with Crippen LogP contribution in [-0.4, -0.2) is 25.9 Å². The fraction of sp³-hybridized carbons (Fsp3) is 0.0455. The Morgan fingerprint density at radius 2 is 1.82 bits per heavy atom. The van der Waals surface area contributed by atoms with E-state index in [1.54, 1.807) is 6.07 Å². The lowest BCUT2D eigenvalue weighted by molar-refractivity contribution is -0.384. The summed E-state index contributed by atoms with van der Waals surface area (Å²) in [5.41, 5.74) is 5.35. The van der Waals surface area contributed by atoms with E-state index in [0.717, 1.165) is 18.2 Å². The number of aromatic nitrogens is 2. The summed E-state index contributed by atoms with van der Waals surface area (Å²) in [5, 5.41) is 25.4. The largest absolute Gasteiger partial charge is 0.493 e. The lowest BCUT2D eigenvalue weighted by atomic mass is 9.88. The standard InChI is InChI=1S/C22H14Cl2FN5O4/c23-15-6-5-10(7-16(15)24)27-22-28-19-13(8-11(30(33)34)9-14(19)21(32)29-22)18(20(26)31)12-3-1-2-4-17(12)25/h1-9,18H,(H2,26,31)(H2,27,28,29,32). The molecule has 1 heterocycles. The molecule has 3 aromatic carbocycles. The van der Waals surface area contributed by atoms with Gasteiger partial charge >= 0.3 is 0 Å². The molecule has 0 fully saturated rings. The molecule has 4 aromatic rings. The van der Waals surface area contributed by atoms with Crippen LogP contribution in [-0.2, 0) is 4.79 Å². The van der Waals surface area contributed by atoms with Gasteiger partial charge in [-0.05, 0) is 24.3 Å². The van der Waals surface area contributed by atoms with Crippen molar-refractivity contribution < 1.29 is 19.2 Å². The highest BCUT2D eigenvalue weighted by atomic mass is 35.5. The fourth-order valence-corrected chi connectivity index (χ4v) is 3.79. The molecule has 0 spiro atoms. The number of amides is 1. The summed E-state index contributed by atoms with van der Waals surface area (Å²) in [6.07, 6.45) is 0. The molecule has 1 amide bonds. The molecule has 34 heavy (non-hydrogen) atoms. The first-order valence-electron chi connectivity index (χ1n) is 9.60. The number of fused-ring (bicyclic) bond motifs is 1. The predicted octanol–water partition coefficient (Wildman–Crippen LogP) is 5.05. The zero-order valence-corrected chi connectivity index (χ0v) is 18.5. The third kappa shape index (κ3) is 4.41. The quantitative estimate of drug-likeness (QED) is 0.247. The Hall–Kier alpha value is -4.02. The number of hydrogen-bond donors (Lipinski definition) is 3. The number of carbonyl (C=O) groups excluding carboxylic acids is 1.